The van der Waals surface area contributed by atoms with E-state index in [1.165, 1.54) is 12.1 Å². The third kappa shape index (κ3) is 4.14. The second kappa shape index (κ2) is 8.89. The van der Waals surface area contributed by atoms with Crippen molar-refractivity contribution in [1.82, 2.24) is 14.8 Å². The van der Waals surface area contributed by atoms with Gasteiger partial charge in [-0.2, -0.15) is 4.98 Å². The normalized spacial score (nSPS) is 18.3. The topological polar surface area (TPSA) is 106 Å². The zero-order valence-corrected chi connectivity index (χ0v) is 21.0. The summed E-state index contributed by atoms with van der Waals surface area (Å²) in [6.07, 6.45) is 1.14. The first-order chi connectivity index (χ1) is 17.2. The Bertz CT molecular complexity index is 1350. The van der Waals surface area contributed by atoms with Gasteiger partial charge in [0.05, 0.1) is 4.92 Å². The molecule has 1 aliphatic carbocycles. The number of hydrogen-bond donors (Lipinski definition) is 1. The number of allylic oxidation sites excluding steroid dienone is 2. The van der Waals surface area contributed by atoms with Gasteiger partial charge in [-0.15, -0.1) is 5.10 Å². The summed E-state index contributed by atoms with van der Waals surface area (Å²) in [5.74, 6) is 1.18. The number of carbonyl (C=O) groups excluding carboxylic acids is 1. The molecule has 5 rings (SSSR count). The number of nitro benzene ring substituents is 1. The number of non-ortho nitro benzene ring substituents is 1. The zero-order chi connectivity index (χ0) is 25.6. The lowest BCUT2D eigenvalue weighted by Gasteiger charge is -2.38. The number of nitro groups is 1. The Morgan fingerprint density at radius 2 is 1.75 bits per heavy atom. The van der Waals surface area contributed by atoms with Crippen molar-refractivity contribution in [2.75, 3.05) is 23.3 Å². The van der Waals surface area contributed by atoms with Crippen LogP contribution < -0.4 is 10.2 Å². The van der Waals surface area contributed by atoms with Crippen molar-refractivity contribution in [1.29, 1.82) is 0 Å². The van der Waals surface area contributed by atoms with Crippen molar-refractivity contribution < 1.29 is 9.72 Å². The van der Waals surface area contributed by atoms with E-state index in [2.05, 4.69) is 50.0 Å². The molecule has 1 unspecified atom stereocenters. The van der Waals surface area contributed by atoms with E-state index < -0.39 is 11.0 Å². The highest BCUT2D eigenvalue weighted by molar-refractivity contribution is 6.00. The molecule has 1 atom stereocenters. The van der Waals surface area contributed by atoms with Gasteiger partial charge in [0.15, 0.2) is 11.6 Å². The molecule has 0 radical (unpaired) electrons. The van der Waals surface area contributed by atoms with Gasteiger partial charge < -0.3 is 10.2 Å². The number of fused-ring (bicyclic) bond motifs is 1. The van der Waals surface area contributed by atoms with Crippen molar-refractivity contribution in [2.45, 2.75) is 46.6 Å². The predicted molar refractivity (Wildman–Crippen MR) is 139 cm³/mol. The Kier molecular flexibility index (Phi) is 5.86. The van der Waals surface area contributed by atoms with Gasteiger partial charge in [-0.3, -0.25) is 14.9 Å². The molecule has 2 aliphatic rings. The van der Waals surface area contributed by atoms with Gasteiger partial charge in [0.25, 0.3) is 5.69 Å². The third-order valence-corrected chi connectivity index (χ3v) is 7.01. The second-order valence-electron chi connectivity index (χ2n) is 10.1. The SMILES string of the molecule is CCN(CC)c1ccc(-c2nc3n(n2)C(c2ccc([N+](=O)[O-])cc2)C2=C(CC(C)(C)CC2=O)N3)cc1. The van der Waals surface area contributed by atoms with Gasteiger partial charge in [0, 0.05) is 54.2 Å². The Labute approximate surface area is 210 Å². The van der Waals surface area contributed by atoms with Crippen molar-refractivity contribution in [3.8, 4) is 11.4 Å². The molecule has 0 fully saturated rings. The molecule has 2 heterocycles. The van der Waals surface area contributed by atoms with Gasteiger partial charge in [0.2, 0.25) is 5.95 Å². The molecule has 2 aromatic carbocycles. The van der Waals surface area contributed by atoms with Gasteiger partial charge in [-0.25, -0.2) is 4.68 Å². The van der Waals surface area contributed by atoms with Crippen LogP contribution >= 0.6 is 0 Å². The minimum Gasteiger partial charge on any atom is -0.372 e. The maximum Gasteiger partial charge on any atom is 0.269 e. The molecule has 1 N–H and O–H groups in total. The van der Waals surface area contributed by atoms with Gasteiger partial charge in [0.1, 0.15) is 6.04 Å². The van der Waals surface area contributed by atoms with E-state index in [1.54, 1.807) is 16.8 Å². The fourth-order valence-corrected chi connectivity index (χ4v) is 5.23. The molecular formula is C27H30N6O3. The zero-order valence-electron chi connectivity index (χ0n) is 21.0. The third-order valence-electron chi connectivity index (χ3n) is 7.01. The van der Waals surface area contributed by atoms with Crippen molar-refractivity contribution in [3.63, 3.8) is 0 Å². The number of rotatable bonds is 6. The fourth-order valence-electron chi connectivity index (χ4n) is 5.23. The predicted octanol–water partition coefficient (Wildman–Crippen LogP) is 5.36. The number of Topliss-reactive ketones (excluding diaryl/α,β-unsaturated/α-hetero) is 1. The quantitative estimate of drug-likeness (QED) is 0.369. The standard InChI is InChI=1S/C27H30N6O3/c1-5-31(6-2)19-11-9-18(10-12-19)25-29-26-28-21-15-27(3,4)16-22(34)23(21)24(32(26)30-25)17-7-13-20(14-8-17)33(35)36/h7-14,24H,5-6,15-16H2,1-4H3,(H,28,29,30). The molecule has 3 aromatic rings. The van der Waals surface area contributed by atoms with Crippen LogP contribution in [0.25, 0.3) is 11.4 Å². The molecule has 1 aliphatic heterocycles. The lowest BCUT2D eigenvalue weighted by atomic mass is 9.73. The van der Waals surface area contributed by atoms with Crippen LogP contribution in [-0.2, 0) is 4.79 Å². The summed E-state index contributed by atoms with van der Waals surface area (Å²) in [6.45, 7) is 10.3. The summed E-state index contributed by atoms with van der Waals surface area (Å²) < 4.78 is 1.74. The highest BCUT2D eigenvalue weighted by atomic mass is 16.6. The van der Waals surface area contributed by atoms with Crippen LogP contribution in [0.1, 0.15) is 52.1 Å². The van der Waals surface area contributed by atoms with Crippen LogP contribution in [0.15, 0.2) is 59.8 Å². The van der Waals surface area contributed by atoms with Crippen LogP contribution in [0.2, 0.25) is 0 Å². The molecule has 0 saturated heterocycles. The Balaban J connectivity index is 1.59. The van der Waals surface area contributed by atoms with Crippen molar-refractivity contribution in [2.24, 2.45) is 5.41 Å². The first-order valence-corrected chi connectivity index (χ1v) is 12.3. The first kappa shape index (κ1) is 23.7. The monoisotopic (exact) mass is 486 g/mol. The molecular weight excluding hydrogens is 456 g/mol. The number of hydrogen-bond acceptors (Lipinski definition) is 7. The number of nitrogens with one attached hydrogen (secondary N) is 1. The molecule has 0 spiro atoms. The molecule has 0 saturated carbocycles. The van der Waals surface area contributed by atoms with Gasteiger partial charge >= 0.3 is 0 Å². The van der Waals surface area contributed by atoms with Crippen molar-refractivity contribution in [3.05, 3.63) is 75.5 Å². The van der Waals surface area contributed by atoms with Crippen LogP contribution in [0.3, 0.4) is 0 Å². The molecule has 36 heavy (non-hydrogen) atoms. The summed E-state index contributed by atoms with van der Waals surface area (Å²) in [5, 5.41) is 19.4. The Morgan fingerprint density at radius 1 is 1.08 bits per heavy atom. The van der Waals surface area contributed by atoms with E-state index in [0.29, 0.717) is 30.2 Å². The smallest absolute Gasteiger partial charge is 0.269 e. The lowest BCUT2D eigenvalue weighted by molar-refractivity contribution is -0.384. The van der Waals surface area contributed by atoms with Gasteiger partial charge in [-0.1, -0.05) is 13.8 Å². The average Bonchev–Trinajstić information content (AvgIpc) is 3.27. The van der Waals surface area contributed by atoms with E-state index in [1.807, 2.05) is 12.1 Å². The first-order valence-electron chi connectivity index (χ1n) is 12.3. The summed E-state index contributed by atoms with van der Waals surface area (Å²) in [6, 6.07) is 14.0. The molecule has 0 bridgehead atoms. The van der Waals surface area contributed by atoms with Gasteiger partial charge in [-0.05, 0) is 67.6 Å². The molecule has 9 heteroatoms. The molecule has 0 amide bonds. The van der Waals surface area contributed by atoms with Crippen molar-refractivity contribution >= 4 is 23.1 Å². The number of carbonyl (C=O) groups is 1. The minimum absolute atomic E-state index is 0.00536. The van der Waals surface area contributed by atoms with E-state index in [-0.39, 0.29) is 16.9 Å². The summed E-state index contributed by atoms with van der Waals surface area (Å²) in [5.41, 5.74) is 4.12. The Morgan fingerprint density at radius 3 is 2.36 bits per heavy atom. The van der Waals surface area contributed by atoms with E-state index in [9.17, 15) is 14.9 Å². The summed E-state index contributed by atoms with van der Waals surface area (Å²) in [4.78, 5) is 31.2. The van der Waals surface area contributed by atoms with Crippen LogP contribution in [0.4, 0.5) is 17.3 Å². The second-order valence-corrected chi connectivity index (χ2v) is 10.1. The molecule has 186 valence electrons. The van der Waals surface area contributed by atoms with Crippen LogP contribution in [0, 0.1) is 15.5 Å². The lowest BCUT2D eigenvalue weighted by Crippen LogP contribution is -2.36. The largest absolute Gasteiger partial charge is 0.372 e. The highest BCUT2D eigenvalue weighted by Crippen LogP contribution is 2.45. The summed E-state index contributed by atoms with van der Waals surface area (Å²) >= 11 is 0. The van der Waals surface area contributed by atoms with E-state index >= 15 is 0 Å². The van der Waals surface area contributed by atoms with Crippen LogP contribution in [-0.4, -0.2) is 38.6 Å². The van der Waals surface area contributed by atoms with Crippen LogP contribution in [0.5, 0.6) is 0 Å². The Hall–Kier alpha value is -4.01. The fraction of sp³-hybridized carbons (Fsp3) is 0.370. The number of nitrogens with zero attached hydrogens (tertiary/aromatic N) is 5. The molecule has 9 nitrogen and oxygen atoms in total. The number of anilines is 2. The minimum atomic E-state index is -0.503. The molecule has 1 aromatic heterocycles. The average molecular weight is 487 g/mol. The van der Waals surface area contributed by atoms with E-state index in [0.717, 1.165) is 35.6 Å². The number of ketones is 1. The maximum atomic E-state index is 13.4. The highest BCUT2D eigenvalue weighted by Gasteiger charge is 2.42. The van der Waals surface area contributed by atoms with E-state index in [4.69, 9.17) is 10.1 Å². The maximum absolute atomic E-state index is 13.4. The number of benzene rings is 2. The summed E-state index contributed by atoms with van der Waals surface area (Å²) in [7, 11) is 0. The number of aromatic nitrogens is 3.